The van der Waals surface area contributed by atoms with Gasteiger partial charge >= 0.3 is 39.5 Å². The van der Waals surface area contributed by atoms with Crippen LogP contribution < -0.4 is 0 Å². The van der Waals surface area contributed by atoms with E-state index in [1.165, 1.54) is 250 Å². The third kappa shape index (κ3) is 76.1. The Bertz CT molecular complexity index is 1940. The predicted molar refractivity (Wildman–Crippen MR) is 414 cm³/mol. The Balaban J connectivity index is 5.26. The lowest BCUT2D eigenvalue weighted by Crippen LogP contribution is -2.30. The average molecular weight is 1480 g/mol. The average Bonchev–Trinajstić information content (AvgIpc) is 1.09. The van der Waals surface area contributed by atoms with Gasteiger partial charge in [-0.1, -0.05) is 382 Å². The van der Waals surface area contributed by atoms with E-state index in [4.69, 9.17) is 37.0 Å². The zero-order valence-corrected chi connectivity index (χ0v) is 68.0. The van der Waals surface area contributed by atoms with Gasteiger partial charge in [0.2, 0.25) is 0 Å². The minimum absolute atomic E-state index is 0.107. The molecule has 0 radical (unpaired) electrons. The van der Waals surface area contributed by atoms with E-state index >= 15 is 0 Å². The molecule has 0 saturated heterocycles. The van der Waals surface area contributed by atoms with Crippen LogP contribution >= 0.6 is 15.6 Å². The largest absolute Gasteiger partial charge is 0.472 e. The van der Waals surface area contributed by atoms with Gasteiger partial charge in [-0.25, -0.2) is 9.13 Å². The van der Waals surface area contributed by atoms with Crippen molar-refractivity contribution in [3.8, 4) is 0 Å². The molecule has 0 aromatic heterocycles. The molecule has 0 spiro atoms. The maximum atomic E-state index is 13.1. The van der Waals surface area contributed by atoms with E-state index in [0.717, 1.165) is 102 Å². The SMILES string of the molecule is CCCCCCCCCCCCCCCCCCCCC(=O)O[C@H](COC(=O)CCCCCCCCCCCCCCCC(C)C)COP(=O)(O)OC[C@@H](O)COP(=O)(O)OC[C@@H](COC(=O)CCCCCCCCCCCCCC)OC(=O)CCCCCCCCCCCCCCC(C)C. The summed E-state index contributed by atoms with van der Waals surface area (Å²) in [4.78, 5) is 73.1. The van der Waals surface area contributed by atoms with E-state index in [9.17, 15) is 43.2 Å². The number of ether oxygens (including phenoxy) is 4. The van der Waals surface area contributed by atoms with E-state index in [1.807, 2.05) is 0 Å². The second kappa shape index (κ2) is 73.6. The molecular weight excluding hydrogens is 1320 g/mol. The molecule has 0 aliphatic rings. The summed E-state index contributed by atoms with van der Waals surface area (Å²) in [6, 6.07) is 0. The number of esters is 4. The normalized spacial score (nSPS) is 13.9. The molecule has 0 aromatic rings. The molecule has 0 aromatic carbocycles. The lowest BCUT2D eigenvalue weighted by atomic mass is 10.0. The number of hydrogen-bond acceptors (Lipinski definition) is 15. The Morgan fingerprint density at radius 2 is 0.455 bits per heavy atom. The number of phosphoric acid groups is 2. The number of carbonyl (C=O) groups is 4. The van der Waals surface area contributed by atoms with Crippen LogP contribution in [0.15, 0.2) is 0 Å². The van der Waals surface area contributed by atoms with Gasteiger partial charge in [-0.15, -0.1) is 0 Å². The highest BCUT2D eigenvalue weighted by Crippen LogP contribution is 2.45. The fourth-order valence-electron chi connectivity index (χ4n) is 12.7. The fraction of sp³-hybridized carbons (Fsp3) is 0.951. The van der Waals surface area contributed by atoms with E-state index in [-0.39, 0.29) is 25.7 Å². The molecule has 0 amide bonds. The Hall–Kier alpha value is -1.94. The zero-order chi connectivity index (χ0) is 74.2. The first-order valence-electron chi connectivity index (χ1n) is 42.5. The molecule has 0 aliphatic carbocycles. The van der Waals surface area contributed by atoms with Crippen LogP contribution in [0.3, 0.4) is 0 Å². The standard InChI is InChI=1S/C82H160O17P2/c1-7-9-11-13-15-17-19-21-22-23-24-25-28-36-42-48-54-60-66-81(86)98-78(71-93-80(85)65-59-53-47-41-35-29-26-27-32-38-44-50-56-62-74(3)4)73-97-101(90,91)95-69-76(83)68-94-100(88,89)96-72-77(70-92-79(84)64-58-52-46-40-34-20-18-16-14-12-10-8-2)99-82(87)67-61-55-49-43-37-31-30-33-39-45-51-57-63-75(5)6/h74-78,83H,7-73H2,1-6H3,(H,88,89)(H,90,91)/t76-,77+,78+/m0/s1. The van der Waals surface area contributed by atoms with E-state index in [2.05, 4.69) is 41.5 Å². The summed E-state index contributed by atoms with van der Waals surface area (Å²) >= 11 is 0. The summed E-state index contributed by atoms with van der Waals surface area (Å²) in [5, 5.41) is 10.7. The summed E-state index contributed by atoms with van der Waals surface area (Å²) in [7, 11) is -9.92. The van der Waals surface area contributed by atoms with Gasteiger partial charge in [-0.2, -0.15) is 0 Å². The summed E-state index contributed by atoms with van der Waals surface area (Å²) in [5.74, 6) is -0.537. The van der Waals surface area contributed by atoms with Crippen molar-refractivity contribution in [3.63, 3.8) is 0 Å². The van der Waals surface area contributed by atoms with Gasteiger partial charge in [0, 0.05) is 25.7 Å². The van der Waals surface area contributed by atoms with Crippen LogP contribution in [-0.2, 0) is 65.4 Å². The van der Waals surface area contributed by atoms with Crippen molar-refractivity contribution < 1.29 is 80.2 Å². The number of unbranched alkanes of at least 4 members (excludes halogenated alkanes) is 51. The topological polar surface area (TPSA) is 237 Å². The van der Waals surface area contributed by atoms with Crippen LogP contribution in [-0.4, -0.2) is 96.7 Å². The minimum Gasteiger partial charge on any atom is -0.462 e. The van der Waals surface area contributed by atoms with Crippen molar-refractivity contribution >= 4 is 39.5 Å². The van der Waals surface area contributed by atoms with Crippen molar-refractivity contribution in [2.75, 3.05) is 39.6 Å². The molecule has 600 valence electrons. The lowest BCUT2D eigenvalue weighted by Gasteiger charge is -2.21. The van der Waals surface area contributed by atoms with Crippen LogP contribution in [0, 0.1) is 11.8 Å². The minimum atomic E-state index is -4.96. The third-order valence-corrected chi connectivity index (χ3v) is 21.1. The molecule has 0 rings (SSSR count). The molecular formula is C82H160O17P2. The molecule has 0 heterocycles. The molecule has 0 aliphatic heterocycles. The lowest BCUT2D eigenvalue weighted by molar-refractivity contribution is -0.161. The fourth-order valence-corrected chi connectivity index (χ4v) is 14.3. The Morgan fingerprint density at radius 3 is 0.673 bits per heavy atom. The number of hydrogen-bond donors (Lipinski definition) is 3. The van der Waals surface area contributed by atoms with Crippen LogP contribution in [0.2, 0.25) is 0 Å². The second-order valence-electron chi connectivity index (χ2n) is 30.5. The summed E-state index contributed by atoms with van der Waals surface area (Å²) < 4.78 is 68.8. The summed E-state index contributed by atoms with van der Waals surface area (Å²) in [6.07, 6.45) is 63.7. The maximum absolute atomic E-state index is 13.1. The van der Waals surface area contributed by atoms with Crippen LogP contribution in [0.25, 0.3) is 0 Å². The van der Waals surface area contributed by atoms with E-state index in [1.54, 1.807) is 0 Å². The molecule has 0 saturated carbocycles. The van der Waals surface area contributed by atoms with Gasteiger partial charge in [-0.3, -0.25) is 37.3 Å². The van der Waals surface area contributed by atoms with Gasteiger partial charge < -0.3 is 33.8 Å². The molecule has 17 nitrogen and oxygen atoms in total. The maximum Gasteiger partial charge on any atom is 0.472 e. The van der Waals surface area contributed by atoms with Crippen molar-refractivity contribution in [2.24, 2.45) is 11.8 Å². The quantitative estimate of drug-likeness (QED) is 0.0222. The molecule has 3 N–H and O–H groups in total. The van der Waals surface area contributed by atoms with Gasteiger partial charge in [0.15, 0.2) is 12.2 Å². The van der Waals surface area contributed by atoms with Crippen LogP contribution in [0.5, 0.6) is 0 Å². The smallest absolute Gasteiger partial charge is 0.462 e. The van der Waals surface area contributed by atoms with Gasteiger partial charge in [-0.05, 0) is 37.5 Å². The van der Waals surface area contributed by atoms with Crippen molar-refractivity contribution in [3.05, 3.63) is 0 Å². The second-order valence-corrected chi connectivity index (χ2v) is 33.4. The summed E-state index contributed by atoms with van der Waals surface area (Å²) in [6.45, 7) is 9.68. The monoisotopic (exact) mass is 1480 g/mol. The third-order valence-electron chi connectivity index (χ3n) is 19.2. The van der Waals surface area contributed by atoms with Crippen molar-refractivity contribution in [1.82, 2.24) is 0 Å². The van der Waals surface area contributed by atoms with Gasteiger partial charge in [0.1, 0.15) is 19.3 Å². The van der Waals surface area contributed by atoms with E-state index < -0.39 is 97.5 Å². The Kier molecular flexibility index (Phi) is 72.2. The zero-order valence-electron chi connectivity index (χ0n) is 66.2. The molecule has 2 unspecified atom stereocenters. The summed E-state index contributed by atoms with van der Waals surface area (Å²) in [5.41, 5.74) is 0. The molecule has 0 fully saturated rings. The highest BCUT2D eigenvalue weighted by Gasteiger charge is 2.30. The van der Waals surface area contributed by atoms with Crippen LogP contribution in [0.1, 0.15) is 433 Å². The molecule has 101 heavy (non-hydrogen) atoms. The van der Waals surface area contributed by atoms with Crippen molar-refractivity contribution in [1.29, 1.82) is 0 Å². The number of carbonyl (C=O) groups excluding carboxylic acids is 4. The first kappa shape index (κ1) is 99.1. The highest BCUT2D eigenvalue weighted by atomic mass is 31.2. The van der Waals surface area contributed by atoms with Crippen LogP contribution in [0.4, 0.5) is 0 Å². The first-order chi connectivity index (χ1) is 48.9. The van der Waals surface area contributed by atoms with Crippen molar-refractivity contribution in [2.45, 2.75) is 452 Å². The number of aliphatic hydroxyl groups excluding tert-OH is 1. The van der Waals surface area contributed by atoms with Gasteiger partial charge in [0.25, 0.3) is 0 Å². The Morgan fingerprint density at radius 1 is 0.267 bits per heavy atom. The molecule has 19 heteroatoms. The number of rotatable bonds is 81. The first-order valence-corrected chi connectivity index (χ1v) is 45.5. The molecule has 0 bridgehead atoms. The predicted octanol–water partition coefficient (Wildman–Crippen LogP) is 24.7. The highest BCUT2D eigenvalue weighted by molar-refractivity contribution is 7.47. The number of aliphatic hydroxyl groups is 1. The number of phosphoric ester groups is 2. The van der Waals surface area contributed by atoms with E-state index in [0.29, 0.717) is 25.7 Å². The van der Waals surface area contributed by atoms with Gasteiger partial charge in [0.05, 0.1) is 26.4 Å². The Labute approximate surface area is 619 Å². The molecule has 5 atom stereocenters.